The van der Waals surface area contributed by atoms with Crippen LogP contribution in [0.2, 0.25) is 0 Å². The molecule has 0 unspecified atom stereocenters. The van der Waals surface area contributed by atoms with E-state index < -0.39 is 0 Å². The van der Waals surface area contributed by atoms with E-state index in [0.29, 0.717) is 5.76 Å². The van der Waals surface area contributed by atoms with Crippen LogP contribution in [0, 0.1) is 0 Å². The molecule has 1 N–H and O–H groups in total. The molecule has 0 aromatic carbocycles. The Morgan fingerprint density at radius 1 is 1.36 bits per heavy atom. The van der Waals surface area contributed by atoms with Crippen molar-refractivity contribution in [2.45, 2.75) is 41.0 Å². The van der Waals surface area contributed by atoms with Crippen molar-refractivity contribution >= 4 is 0 Å². The van der Waals surface area contributed by atoms with Crippen molar-refractivity contribution in [1.82, 2.24) is 0 Å². The molecule has 0 atom stereocenters. The first-order valence-corrected chi connectivity index (χ1v) is 4.23. The average Bonchev–Trinajstić information content (AvgIpc) is 2.07. The quantitative estimate of drug-likeness (QED) is 0.476. The molecule has 0 aromatic heterocycles. The predicted octanol–water partition coefficient (Wildman–Crippen LogP) is 3.83. The Hall–Kier alpha value is -0.720. The monoisotopic (exact) mass is 156 g/mol. The molecule has 0 rings (SSSR count). The second kappa shape index (κ2) is 9.28. The van der Waals surface area contributed by atoms with Crippen LogP contribution in [0.4, 0.5) is 0 Å². The van der Waals surface area contributed by atoms with E-state index in [1.165, 1.54) is 0 Å². The normalized spacial score (nSPS) is 12.1. The van der Waals surface area contributed by atoms with Crippen LogP contribution in [-0.4, -0.2) is 5.11 Å². The molecule has 0 radical (unpaired) electrons. The molecule has 0 spiro atoms. The molecule has 0 saturated carbocycles. The maximum atomic E-state index is 9.09. The topological polar surface area (TPSA) is 20.2 Å². The zero-order valence-corrected chi connectivity index (χ0v) is 8.31. The molecular weight excluding hydrogens is 136 g/mol. The lowest BCUT2D eigenvalue weighted by Gasteiger charge is -1.95. The summed E-state index contributed by atoms with van der Waals surface area (Å²) in [5.41, 5.74) is 0.958. The fraction of sp³-hybridized carbons (Fsp3) is 0.600. The highest BCUT2D eigenvalue weighted by atomic mass is 16.3. The fourth-order valence-corrected chi connectivity index (χ4v) is 0.625. The summed E-state index contributed by atoms with van der Waals surface area (Å²) in [6, 6.07) is 0. The third-order valence-electron chi connectivity index (χ3n) is 1.21. The first kappa shape index (κ1) is 12.9. The maximum Gasteiger partial charge on any atom is 0.0948 e. The maximum absolute atomic E-state index is 9.09. The zero-order chi connectivity index (χ0) is 9.28. The van der Waals surface area contributed by atoms with Gasteiger partial charge in [-0.25, -0.2) is 0 Å². The van der Waals surface area contributed by atoms with Crippen molar-refractivity contribution in [3.05, 3.63) is 23.5 Å². The second-order valence-electron chi connectivity index (χ2n) is 1.98. The van der Waals surface area contributed by atoms with Crippen molar-refractivity contribution in [1.29, 1.82) is 0 Å². The summed E-state index contributed by atoms with van der Waals surface area (Å²) in [6.07, 6.45) is 4.54. The van der Waals surface area contributed by atoms with Crippen LogP contribution < -0.4 is 0 Å². The van der Waals surface area contributed by atoms with Gasteiger partial charge in [0.25, 0.3) is 0 Å². The van der Waals surface area contributed by atoms with Gasteiger partial charge in [0.2, 0.25) is 0 Å². The lowest BCUT2D eigenvalue weighted by molar-refractivity contribution is 0.389. The van der Waals surface area contributed by atoms with Gasteiger partial charge in [-0.15, -0.1) is 0 Å². The third-order valence-corrected chi connectivity index (χ3v) is 1.21. The Bertz CT molecular complexity index is 132. The molecule has 0 aliphatic heterocycles. The second-order valence-corrected chi connectivity index (χ2v) is 1.98. The number of hydrogen-bond donors (Lipinski definition) is 1. The van der Waals surface area contributed by atoms with Gasteiger partial charge in [-0.2, -0.15) is 0 Å². The van der Waals surface area contributed by atoms with Crippen molar-refractivity contribution in [2.75, 3.05) is 0 Å². The van der Waals surface area contributed by atoms with E-state index in [-0.39, 0.29) is 0 Å². The lowest BCUT2D eigenvalue weighted by Crippen LogP contribution is -1.80. The molecular formula is C10H20O. The van der Waals surface area contributed by atoms with Crippen LogP contribution in [0.15, 0.2) is 23.5 Å². The summed E-state index contributed by atoms with van der Waals surface area (Å²) in [5.74, 6) is 0.480. The molecule has 1 heteroatoms. The highest BCUT2D eigenvalue weighted by Gasteiger charge is 1.90. The summed E-state index contributed by atoms with van der Waals surface area (Å²) < 4.78 is 0. The molecule has 0 aliphatic carbocycles. The Kier molecular flexibility index (Phi) is 10.9. The van der Waals surface area contributed by atoms with Crippen LogP contribution >= 0.6 is 0 Å². The van der Waals surface area contributed by atoms with Crippen LogP contribution in [0.25, 0.3) is 0 Å². The number of aliphatic hydroxyl groups excluding tert-OH is 1. The van der Waals surface area contributed by atoms with Gasteiger partial charge in [0.15, 0.2) is 0 Å². The molecule has 0 saturated heterocycles. The van der Waals surface area contributed by atoms with E-state index >= 15 is 0 Å². The van der Waals surface area contributed by atoms with Crippen LogP contribution in [-0.2, 0) is 0 Å². The minimum absolute atomic E-state index is 0.480. The van der Waals surface area contributed by atoms with Gasteiger partial charge in [0, 0.05) is 6.42 Å². The van der Waals surface area contributed by atoms with Crippen molar-refractivity contribution in [2.24, 2.45) is 0 Å². The summed E-state index contributed by atoms with van der Waals surface area (Å²) in [7, 11) is 0. The van der Waals surface area contributed by atoms with Crippen LogP contribution in [0.3, 0.4) is 0 Å². The van der Waals surface area contributed by atoms with Crippen LogP contribution in [0.5, 0.6) is 0 Å². The standard InChI is InChI=1S/C8H14O.C2H6/c1-4-6-7(3)8(9)5-2;1-2/h4,6,9H,5H2,1-3H3;1-2H3/b6-4-,8-7+;. The van der Waals surface area contributed by atoms with E-state index in [2.05, 4.69) is 0 Å². The molecule has 0 bridgehead atoms. The fourth-order valence-electron chi connectivity index (χ4n) is 0.625. The highest BCUT2D eigenvalue weighted by molar-refractivity contribution is 5.18. The van der Waals surface area contributed by atoms with E-state index in [4.69, 9.17) is 5.11 Å². The Morgan fingerprint density at radius 3 is 2.09 bits per heavy atom. The summed E-state index contributed by atoms with van der Waals surface area (Å²) in [4.78, 5) is 0. The number of hydrogen-bond acceptors (Lipinski definition) is 1. The van der Waals surface area contributed by atoms with E-state index in [1.54, 1.807) is 0 Å². The molecule has 1 nitrogen and oxygen atoms in total. The van der Waals surface area contributed by atoms with E-state index in [0.717, 1.165) is 12.0 Å². The minimum atomic E-state index is 0.480. The van der Waals surface area contributed by atoms with Gasteiger partial charge < -0.3 is 5.11 Å². The van der Waals surface area contributed by atoms with Gasteiger partial charge in [-0.1, -0.05) is 32.9 Å². The number of aliphatic hydroxyl groups is 1. The van der Waals surface area contributed by atoms with Crippen molar-refractivity contribution < 1.29 is 5.11 Å². The van der Waals surface area contributed by atoms with Gasteiger partial charge in [0.1, 0.15) is 0 Å². The molecule has 0 amide bonds. The molecule has 0 heterocycles. The van der Waals surface area contributed by atoms with Gasteiger partial charge in [-0.3, -0.25) is 0 Å². The first-order chi connectivity index (χ1) is 5.22. The Labute approximate surface area is 70.4 Å². The van der Waals surface area contributed by atoms with E-state index in [1.807, 2.05) is 46.8 Å². The highest BCUT2D eigenvalue weighted by Crippen LogP contribution is 2.04. The molecule has 0 aliphatic rings. The lowest BCUT2D eigenvalue weighted by atomic mass is 10.2. The number of allylic oxidation sites excluding steroid dienone is 4. The van der Waals surface area contributed by atoms with Crippen molar-refractivity contribution in [3.8, 4) is 0 Å². The van der Waals surface area contributed by atoms with Gasteiger partial charge >= 0.3 is 0 Å². The first-order valence-electron chi connectivity index (χ1n) is 4.23. The Morgan fingerprint density at radius 2 is 1.82 bits per heavy atom. The predicted molar refractivity (Wildman–Crippen MR) is 51.8 cm³/mol. The largest absolute Gasteiger partial charge is 0.512 e. The average molecular weight is 156 g/mol. The molecule has 66 valence electrons. The number of rotatable bonds is 2. The smallest absolute Gasteiger partial charge is 0.0948 e. The molecule has 0 fully saturated rings. The third kappa shape index (κ3) is 7.17. The minimum Gasteiger partial charge on any atom is -0.512 e. The summed E-state index contributed by atoms with van der Waals surface area (Å²) in [6.45, 7) is 9.77. The van der Waals surface area contributed by atoms with Gasteiger partial charge in [0.05, 0.1) is 5.76 Å². The van der Waals surface area contributed by atoms with Gasteiger partial charge in [-0.05, 0) is 19.4 Å². The Balaban J connectivity index is 0. The SMILES string of the molecule is C/C=C\C(C)=C(\O)CC.CC. The molecule has 11 heavy (non-hydrogen) atoms. The summed E-state index contributed by atoms with van der Waals surface area (Å²) in [5, 5.41) is 9.09. The zero-order valence-electron chi connectivity index (χ0n) is 8.31. The van der Waals surface area contributed by atoms with Crippen molar-refractivity contribution in [3.63, 3.8) is 0 Å². The summed E-state index contributed by atoms with van der Waals surface area (Å²) >= 11 is 0. The molecule has 0 aromatic rings. The van der Waals surface area contributed by atoms with E-state index in [9.17, 15) is 0 Å². The van der Waals surface area contributed by atoms with Crippen LogP contribution in [0.1, 0.15) is 41.0 Å².